The molecule has 0 fully saturated rings. The van der Waals surface area contributed by atoms with Gasteiger partial charge in [0.2, 0.25) is 0 Å². The molecule has 1 heterocycles. The summed E-state index contributed by atoms with van der Waals surface area (Å²) in [6.07, 6.45) is 3.09. The normalized spacial score (nSPS) is 17.6. The maximum Gasteiger partial charge on any atom is 0.253 e. The van der Waals surface area contributed by atoms with Gasteiger partial charge in [-0.1, -0.05) is 0 Å². The Kier molecular flexibility index (Phi) is 3.89. The number of amides is 1. The highest BCUT2D eigenvalue weighted by Crippen LogP contribution is 2.33. The lowest BCUT2D eigenvalue weighted by molar-refractivity contribution is 0.0931. The maximum atomic E-state index is 13.3. The van der Waals surface area contributed by atoms with E-state index in [1.807, 2.05) is 0 Å². The van der Waals surface area contributed by atoms with E-state index in [2.05, 4.69) is 32.7 Å². The van der Waals surface area contributed by atoms with Crippen molar-refractivity contribution in [1.29, 1.82) is 0 Å². The third-order valence-electron chi connectivity index (χ3n) is 3.53. The number of thiophene rings is 1. The van der Waals surface area contributed by atoms with E-state index in [0.29, 0.717) is 10.0 Å². The smallest absolute Gasteiger partial charge is 0.253 e. The van der Waals surface area contributed by atoms with Crippen molar-refractivity contribution in [2.75, 3.05) is 0 Å². The summed E-state index contributed by atoms with van der Waals surface area (Å²) in [5, 5.41) is 5.08. The number of fused-ring (bicyclic) bond motifs is 1. The Morgan fingerprint density at radius 3 is 3.10 bits per heavy atom. The molecule has 1 aliphatic carbocycles. The van der Waals surface area contributed by atoms with Gasteiger partial charge in [0.05, 0.1) is 11.6 Å². The molecule has 20 heavy (non-hydrogen) atoms. The highest BCUT2D eigenvalue weighted by Gasteiger charge is 2.23. The van der Waals surface area contributed by atoms with Gasteiger partial charge in [-0.05, 0) is 70.4 Å². The highest BCUT2D eigenvalue weighted by atomic mass is 79.9. The highest BCUT2D eigenvalue weighted by molar-refractivity contribution is 9.10. The van der Waals surface area contributed by atoms with Crippen molar-refractivity contribution in [1.82, 2.24) is 5.32 Å². The predicted octanol–water partition coefficient (Wildman–Crippen LogP) is 4.46. The molecule has 0 bridgehead atoms. The van der Waals surface area contributed by atoms with Crippen LogP contribution in [0, 0.1) is 5.82 Å². The second-order valence-corrected chi connectivity index (χ2v) is 6.70. The van der Waals surface area contributed by atoms with Crippen molar-refractivity contribution < 1.29 is 9.18 Å². The second-order valence-electron chi connectivity index (χ2n) is 4.84. The SMILES string of the molecule is O=C(NC1CCCc2sccc21)c1cc(F)ccc1Br. The Morgan fingerprint density at radius 2 is 2.25 bits per heavy atom. The van der Waals surface area contributed by atoms with Crippen molar-refractivity contribution >= 4 is 33.2 Å². The van der Waals surface area contributed by atoms with Crippen LogP contribution < -0.4 is 5.32 Å². The zero-order valence-electron chi connectivity index (χ0n) is 10.7. The van der Waals surface area contributed by atoms with Gasteiger partial charge in [0, 0.05) is 9.35 Å². The van der Waals surface area contributed by atoms with E-state index in [4.69, 9.17) is 0 Å². The first-order valence-corrected chi connectivity index (χ1v) is 8.14. The molecule has 2 nitrogen and oxygen atoms in total. The largest absolute Gasteiger partial charge is 0.345 e. The standard InChI is InChI=1S/C15H13BrFNOS/c16-12-5-4-9(17)8-11(12)15(19)18-13-2-1-3-14-10(13)6-7-20-14/h4-8,13H,1-3H2,(H,18,19). The van der Waals surface area contributed by atoms with Gasteiger partial charge < -0.3 is 5.32 Å². The lowest BCUT2D eigenvalue weighted by atomic mass is 9.94. The number of rotatable bonds is 2. The van der Waals surface area contributed by atoms with Crippen LogP contribution in [0.4, 0.5) is 4.39 Å². The van der Waals surface area contributed by atoms with Crippen LogP contribution >= 0.6 is 27.3 Å². The molecule has 2 aromatic rings. The number of carbonyl (C=O) groups is 1. The summed E-state index contributed by atoms with van der Waals surface area (Å²) in [6, 6.07) is 6.26. The van der Waals surface area contributed by atoms with Gasteiger partial charge in [-0.2, -0.15) is 0 Å². The van der Waals surface area contributed by atoms with Crippen molar-refractivity contribution in [3.8, 4) is 0 Å². The summed E-state index contributed by atoms with van der Waals surface area (Å²) < 4.78 is 13.9. The van der Waals surface area contributed by atoms with E-state index in [9.17, 15) is 9.18 Å². The number of halogens is 2. The maximum absolute atomic E-state index is 13.3. The summed E-state index contributed by atoms with van der Waals surface area (Å²) >= 11 is 5.03. The van der Waals surface area contributed by atoms with Crippen LogP contribution in [0.1, 0.15) is 39.7 Å². The molecular weight excluding hydrogens is 341 g/mol. The number of nitrogens with one attached hydrogen (secondary N) is 1. The molecule has 1 unspecified atom stereocenters. The molecule has 1 aromatic heterocycles. The van der Waals surface area contributed by atoms with Crippen LogP contribution in [-0.2, 0) is 6.42 Å². The molecule has 0 radical (unpaired) electrons. The van der Waals surface area contributed by atoms with Crippen molar-refractivity contribution in [3.63, 3.8) is 0 Å². The fraction of sp³-hybridized carbons (Fsp3) is 0.267. The second kappa shape index (κ2) is 5.66. The molecule has 1 aromatic carbocycles. The van der Waals surface area contributed by atoms with E-state index in [0.717, 1.165) is 19.3 Å². The summed E-state index contributed by atoms with van der Waals surface area (Å²) in [4.78, 5) is 13.7. The Morgan fingerprint density at radius 1 is 1.40 bits per heavy atom. The van der Waals surface area contributed by atoms with Gasteiger partial charge >= 0.3 is 0 Å². The first kappa shape index (κ1) is 13.8. The quantitative estimate of drug-likeness (QED) is 0.848. The molecule has 0 saturated heterocycles. The first-order valence-electron chi connectivity index (χ1n) is 6.47. The van der Waals surface area contributed by atoms with E-state index in [1.54, 1.807) is 17.4 Å². The molecule has 3 rings (SSSR count). The summed E-state index contributed by atoms with van der Waals surface area (Å²) in [5.41, 5.74) is 1.55. The van der Waals surface area contributed by atoms with E-state index < -0.39 is 5.82 Å². The Labute approximate surface area is 129 Å². The molecule has 0 saturated carbocycles. The van der Waals surface area contributed by atoms with Gasteiger partial charge in [-0.3, -0.25) is 4.79 Å². The summed E-state index contributed by atoms with van der Waals surface area (Å²) in [6.45, 7) is 0. The minimum atomic E-state index is -0.404. The fourth-order valence-corrected chi connectivity index (χ4v) is 3.96. The Hall–Kier alpha value is -1.20. The van der Waals surface area contributed by atoms with Gasteiger partial charge in [-0.15, -0.1) is 11.3 Å². The van der Waals surface area contributed by atoms with Gasteiger partial charge in [0.15, 0.2) is 0 Å². The van der Waals surface area contributed by atoms with E-state index in [-0.39, 0.29) is 11.9 Å². The number of carbonyl (C=O) groups excluding carboxylic acids is 1. The molecular formula is C15H13BrFNOS. The topological polar surface area (TPSA) is 29.1 Å². The van der Waals surface area contributed by atoms with E-state index in [1.165, 1.54) is 22.6 Å². The van der Waals surface area contributed by atoms with Crippen LogP contribution in [0.25, 0.3) is 0 Å². The molecule has 0 spiro atoms. The number of hydrogen-bond donors (Lipinski definition) is 1. The van der Waals surface area contributed by atoms with Crippen LogP contribution in [0.5, 0.6) is 0 Å². The van der Waals surface area contributed by atoms with Crippen molar-refractivity contribution in [2.24, 2.45) is 0 Å². The number of hydrogen-bond acceptors (Lipinski definition) is 2. The Balaban J connectivity index is 1.82. The Bertz CT molecular complexity index is 655. The number of benzene rings is 1. The zero-order chi connectivity index (χ0) is 14.1. The minimum Gasteiger partial charge on any atom is -0.345 e. The average Bonchev–Trinajstić information content (AvgIpc) is 2.91. The van der Waals surface area contributed by atoms with Crippen LogP contribution in [-0.4, -0.2) is 5.91 Å². The summed E-state index contributed by atoms with van der Waals surface area (Å²) in [5.74, 6) is -0.640. The molecule has 1 N–H and O–H groups in total. The molecule has 1 atom stereocenters. The average molecular weight is 354 g/mol. The predicted molar refractivity (Wildman–Crippen MR) is 81.6 cm³/mol. The van der Waals surface area contributed by atoms with Crippen LogP contribution in [0.15, 0.2) is 34.1 Å². The lowest BCUT2D eigenvalue weighted by Gasteiger charge is -2.24. The molecule has 1 amide bonds. The first-order chi connectivity index (χ1) is 9.65. The summed E-state index contributed by atoms with van der Waals surface area (Å²) in [7, 11) is 0. The fourth-order valence-electron chi connectivity index (χ4n) is 2.54. The number of aryl methyl sites for hydroxylation is 1. The lowest BCUT2D eigenvalue weighted by Crippen LogP contribution is -2.30. The van der Waals surface area contributed by atoms with Gasteiger partial charge in [-0.25, -0.2) is 4.39 Å². The third kappa shape index (κ3) is 2.65. The van der Waals surface area contributed by atoms with Crippen LogP contribution in [0.3, 0.4) is 0 Å². The van der Waals surface area contributed by atoms with Gasteiger partial charge in [0.25, 0.3) is 5.91 Å². The molecule has 5 heteroatoms. The monoisotopic (exact) mass is 353 g/mol. The van der Waals surface area contributed by atoms with E-state index >= 15 is 0 Å². The third-order valence-corrected chi connectivity index (χ3v) is 5.22. The molecule has 0 aliphatic heterocycles. The van der Waals surface area contributed by atoms with Crippen molar-refractivity contribution in [3.05, 3.63) is 55.9 Å². The molecule has 1 aliphatic rings. The minimum absolute atomic E-state index is 0.0349. The van der Waals surface area contributed by atoms with Crippen LogP contribution in [0.2, 0.25) is 0 Å². The van der Waals surface area contributed by atoms with Gasteiger partial charge in [0.1, 0.15) is 5.82 Å². The molecule has 104 valence electrons. The van der Waals surface area contributed by atoms with Crippen molar-refractivity contribution in [2.45, 2.75) is 25.3 Å². The zero-order valence-corrected chi connectivity index (χ0v) is 13.1.